The van der Waals surface area contributed by atoms with E-state index in [4.69, 9.17) is 12.2 Å². The highest BCUT2D eigenvalue weighted by atomic mass is 32.1. The molecule has 1 aromatic rings. The van der Waals surface area contributed by atoms with Crippen LogP contribution >= 0.6 is 12.2 Å². The summed E-state index contributed by atoms with van der Waals surface area (Å²) in [5.41, 5.74) is 4.75. The van der Waals surface area contributed by atoms with E-state index in [0.29, 0.717) is 5.11 Å². The van der Waals surface area contributed by atoms with Crippen molar-refractivity contribution in [1.29, 1.82) is 0 Å². The van der Waals surface area contributed by atoms with Crippen LogP contribution in [0.25, 0.3) is 0 Å². The first kappa shape index (κ1) is 13.0. The van der Waals surface area contributed by atoms with Crippen molar-refractivity contribution in [2.24, 2.45) is 5.10 Å². The molecule has 0 amide bonds. The first-order chi connectivity index (χ1) is 8.74. The summed E-state index contributed by atoms with van der Waals surface area (Å²) < 4.78 is 12.7. The van der Waals surface area contributed by atoms with E-state index in [2.05, 4.69) is 15.8 Å². The molecule has 1 aromatic carbocycles. The smallest absolute Gasteiger partial charge is 0.191 e. The van der Waals surface area contributed by atoms with Crippen molar-refractivity contribution in [3.63, 3.8) is 0 Å². The summed E-state index contributed by atoms with van der Waals surface area (Å²) in [6.07, 6.45) is 5.80. The maximum absolute atomic E-state index is 12.7. The maximum Gasteiger partial charge on any atom is 0.191 e. The summed E-state index contributed by atoms with van der Waals surface area (Å²) in [4.78, 5) is 0. The normalized spacial score (nSPS) is 15.1. The van der Waals surface area contributed by atoms with Crippen LogP contribution in [0.3, 0.4) is 0 Å². The molecule has 3 nitrogen and oxygen atoms in total. The molecule has 1 saturated carbocycles. The third kappa shape index (κ3) is 4.07. The lowest BCUT2D eigenvalue weighted by atomic mass is 9.99. The maximum atomic E-state index is 12.7. The summed E-state index contributed by atoms with van der Waals surface area (Å²) in [5, 5.41) is 7.67. The first-order valence-corrected chi connectivity index (χ1v) is 6.53. The van der Waals surface area contributed by atoms with Crippen molar-refractivity contribution in [2.45, 2.75) is 32.1 Å². The van der Waals surface area contributed by atoms with Crippen molar-refractivity contribution in [2.75, 3.05) is 5.32 Å². The molecule has 0 radical (unpaired) electrons. The highest BCUT2D eigenvalue weighted by Crippen LogP contribution is 2.14. The minimum atomic E-state index is -0.262. The number of anilines is 1. The lowest BCUT2D eigenvalue weighted by Crippen LogP contribution is -2.25. The molecular formula is C13H16FN3S. The van der Waals surface area contributed by atoms with E-state index in [0.717, 1.165) is 18.5 Å². The molecule has 0 aliphatic heterocycles. The third-order valence-electron chi connectivity index (χ3n) is 2.85. The lowest BCUT2D eigenvalue weighted by molar-refractivity contribution is 0.628. The summed E-state index contributed by atoms with van der Waals surface area (Å²) >= 11 is 5.11. The van der Waals surface area contributed by atoms with Gasteiger partial charge in [-0.05, 0) is 62.2 Å². The molecule has 18 heavy (non-hydrogen) atoms. The quantitative estimate of drug-likeness (QED) is 0.635. The van der Waals surface area contributed by atoms with E-state index in [9.17, 15) is 4.39 Å². The first-order valence-electron chi connectivity index (χ1n) is 6.12. The molecular weight excluding hydrogens is 249 g/mol. The van der Waals surface area contributed by atoms with Crippen molar-refractivity contribution in [3.8, 4) is 0 Å². The van der Waals surface area contributed by atoms with Crippen molar-refractivity contribution < 1.29 is 4.39 Å². The predicted molar refractivity (Wildman–Crippen MR) is 76.3 cm³/mol. The summed E-state index contributed by atoms with van der Waals surface area (Å²) in [6.45, 7) is 0. The second kappa shape index (κ2) is 6.44. The van der Waals surface area contributed by atoms with Gasteiger partial charge in [0.25, 0.3) is 0 Å². The fraction of sp³-hybridized carbons (Fsp3) is 0.385. The minimum absolute atomic E-state index is 0.262. The molecule has 0 aromatic heterocycles. The van der Waals surface area contributed by atoms with Gasteiger partial charge >= 0.3 is 0 Å². The van der Waals surface area contributed by atoms with Crippen LogP contribution in [0, 0.1) is 5.82 Å². The van der Waals surface area contributed by atoms with E-state index in [1.807, 2.05) is 0 Å². The largest absolute Gasteiger partial charge is 0.331 e. The van der Waals surface area contributed by atoms with Gasteiger partial charge in [0.05, 0.1) is 0 Å². The van der Waals surface area contributed by atoms with E-state index >= 15 is 0 Å². The van der Waals surface area contributed by atoms with Gasteiger partial charge < -0.3 is 5.32 Å². The number of halogens is 1. The zero-order valence-electron chi connectivity index (χ0n) is 10.1. The van der Waals surface area contributed by atoms with Gasteiger partial charge in [0.15, 0.2) is 5.11 Å². The van der Waals surface area contributed by atoms with Gasteiger partial charge in [-0.3, -0.25) is 5.43 Å². The van der Waals surface area contributed by atoms with Gasteiger partial charge in [-0.1, -0.05) is 6.42 Å². The van der Waals surface area contributed by atoms with Gasteiger partial charge in [-0.15, -0.1) is 0 Å². The monoisotopic (exact) mass is 265 g/mol. The summed E-state index contributed by atoms with van der Waals surface area (Å²) in [6, 6.07) is 6.05. The molecule has 96 valence electrons. The Morgan fingerprint density at radius 2 is 1.78 bits per heavy atom. The Kier molecular flexibility index (Phi) is 4.64. The van der Waals surface area contributed by atoms with Gasteiger partial charge in [0.2, 0.25) is 0 Å². The van der Waals surface area contributed by atoms with Crippen LogP contribution in [0.5, 0.6) is 0 Å². The minimum Gasteiger partial charge on any atom is -0.331 e. The molecule has 1 aliphatic rings. The molecule has 0 atom stereocenters. The molecule has 5 heteroatoms. The number of hydrogen-bond donors (Lipinski definition) is 2. The Morgan fingerprint density at radius 3 is 2.44 bits per heavy atom. The fourth-order valence-corrected chi connectivity index (χ4v) is 2.06. The van der Waals surface area contributed by atoms with Crippen LogP contribution in [0.4, 0.5) is 10.1 Å². The van der Waals surface area contributed by atoms with E-state index < -0.39 is 0 Å². The Morgan fingerprint density at radius 1 is 1.11 bits per heavy atom. The van der Waals surface area contributed by atoms with Crippen LogP contribution in [0.1, 0.15) is 32.1 Å². The van der Waals surface area contributed by atoms with Gasteiger partial charge in [-0.25, -0.2) is 4.39 Å². The van der Waals surface area contributed by atoms with Crippen molar-refractivity contribution >= 4 is 28.7 Å². The number of nitrogens with zero attached hydrogens (tertiary/aromatic N) is 1. The van der Waals surface area contributed by atoms with Gasteiger partial charge in [0.1, 0.15) is 5.82 Å². The molecule has 0 unspecified atom stereocenters. The summed E-state index contributed by atoms with van der Waals surface area (Å²) in [7, 11) is 0. The van der Waals surface area contributed by atoms with Crippen LogP contribution in [0.15, 0.2) is 29.4 Å². The SMILES string of the molecule is Fc1ccc(NC(=S)NN=C2CCCCC2)cc1. The Balaban J connectivity index is 1.83. The lowest BCUT2D eigenvalue weighted by Gasteiger charge is -2.13. The molecule has 0 spiro atoms. The van der Waals surface area contributed by atoms with E-state index in [-0.39, 0.29) is 5.82 Å². The molecule has 0 heterocycles. The standard InChI is InChI=1S/C13H16FN3S/c14-10-6-8-11(9-7-10)15-13(18)17-16-12-4-2-1-3-5-12/h6-9H,1-5H2,(H2,15,17,18). The molecule has 1 aliphatic carbocycles. The van der Waals surface area contributed by atoms with E-state index in [1.165, 1.54) is 37.1 Å². The number of hydrogen-bond acceptors (Lipinski definition) is 2. The number of nitrogens with one attached hydrogen (secondary N) is 2. The topological polar surface area (TPSA) is 36.4 Å². The van der Waals surface area contributed by atoms with Gasteiger partial charge in [-0.2, -0.15) is 5.10 Å². The van der Waals surface area contributed by atoms with Crippen LogP contribution in [-0.4, -0.2) is 10.8 Å². The van der Waals surface area contributed by atoms with Gasteiger partial charge in [0, 0.05) is 11.4 Å². The average molecular weight is 265 g/mol. The second-order valence-electron chi connectivity index (χ2n) is 4.31. The Bertz CT molecular complexity index is 434. The number of thiocarbonyl (C=S) groups is 1. The number of hydrazone groups is 1. The highest BCUT2D eigenvalue weighted by molar-refractivity contribution is 7.80. The van der Waals surface area contributed by atoms with Crippen LogP contribution < -0.4 is 10.7 Å². The van der Waals surface area contributed by atoms with E-state index in [1.54, 1.807) is 12.1 Å². The van der Waals surface area contributed by atoms with Crippen LogP contribution in [0.2, 0.25) is 0 Å². The van der Waals surface area contributed by atoms with Crippen LogP contribution in [-0.2, 0) is 0 Å². The average Bonchev–Trinajstić information content (AvgIpc) is 2.40. The number of rotatable bonds is 2. The number of benzene rings is 1. The third-order valence-corrected chi connectivity index (χ3v) is 3.04. The fourth-order valence-electron chi connectivity index (χ4n) is 1.89. The second-order valence-corrected chi connectivity index (χ2v) is 4.72. The highest BCUT2D eigenvalue weighted by Gasteiger charge is 2.06. The summed E-state index contributed by atoms with van der Waals surface area (Å²) in [5.74, 6) is -0.262. The molecule has 1 fully saturated rings. The zero-order chi connectivity index (χ0) is 12.8. The Hall–Kier alpha value is -1.49. The molecule has 2 rings (SSSR count). The zero-order valence-corrected chi connectivity index (χ0v) is 10.9. The molecule has 0 bridgehead atoms. The van der Waals surface area contributed by atoms with Crippen molar-refractivity contribution in [1.82, 2.24) is 5.43 Å². The molecule has 0 saturated heterocycles. The molecule has 2 N–H and O–H groups in total. The van der Waals surface area contributed by atoms with Crippen molar-refractivity contribution in [3.05, 3.63) is 30.1 Å². The predicted octanol–water partition coefficient (Wildman–Crippen LogP) is 3.43. The Labute approximate surface area is 111 Å².